The first-order chi connectivity index (χ1) is 18.6. The minimum atomic E-state index is 0.258. The minimum absolute atomic E-state index is 0.258. The van der Waals surface area contributed by atoms with Crippen molar-refractivity contribution in [2.75, 3.05) is 39.9 Å². The quantitative estimate of drug-likeness (QED) is 0.464. The van der Waals surface area contributed by atoms with Crippen LogP contribution in [0.5, 0.6) is 11.5 Å². The van der Waals surface area contributed by atoms with E-state index in [1.807, 2.05) is 0 Å². The van der Waals surface area contributed by atoms with E-state index in [1.54, 1.807) is 7.11 Å². The van der Waals surface area contributed by atoms with Crippen LogP contribution in [0.1, 0.15) is 75.3 Å². The highest BCUT2D eigenvalue weighted by Gasteiger charge is 2.38. The van der Waals surface area contributed by atoms with Crippen molar-refractivity contribution in [3.63, 3.8) is 0 Å². The fourth-order valence-corrected chi connectivity index (χ4v) is 6.93. The maximum Gasteiger partial charge on any atom is 0.225 e. The second kappa shape index (κ2) is 13.0. The smallest absolute Gasteiger partial charge is 0.225 e. The molecule has 5 nitrogen and oxygen atoms in total. The largest absolute Gasteiger partial charge is 0.497 e. The van der Waals surface area contributed by atoms with Gasteiger partial charge in [0.15, 0.2) is 0 Å². The third-order valence-electron chi connectivity index (χ3n) is 9.26. The average Bonchev–Trinajstić information content (AvgIpc) is 2.96. The predicted molar refractivity (Wildman–Crippen MR) is 153 cm³/mol. The van der Waals surface area contributed by atoms with Crippen LogP contribution in [0.2, 0.25) is 0 Å². The molecule has 1 saturated heterocycles. The van der Waals surface area contributed by atoms with Crippen LogP contribution in [0.4, 0.5) is 0 Å². The number of hydrogen-bond donors (Lipinski definition) is 0. The molecule has 5 rings (SSSR count). The van der Waals surface area contributed by atoms with E-state index in [0.717, 1.165) is 76.3 Å². The van der Waals surface area contributed by atoms with E-state index in [1.165, 1.54) is 49.7 Å². The Morgan fingerprint density at radius 1 is 0.921 bits per heavy atom. The van der Waals surface area contributed by atoms with Crippen molar-refractivity contribution in [3.05, 3.63) is 59.7 Å². The molecule has 3 aliphatic rings. The molecule has 0 atom stereocenters. The number of ether oxygens (including phenoxy) is 2. The molecule has 1 aliphatic carbocycles. The second-order valence-corrected chi connectivity index (χ2v) is 11.9. The first-order valence-corrected chi connectivity index (χ1v) is 15.0. The Kier molecular flexibility index (Phi) is 9.27. The molecule has 0 bridgehead atoms. The van der Waals surface area contributed by atoms with Crippen LogP contribution in [-0.4, -0.2) is 55.6 Å². The van der Waals surface area contributed by atoms with Gasteiger partial charge in [-0.25, -0.2) is 0 Å². The Morgan fingerprint density at radius 2 is 1.68 bits per heavy atom. The van der Waals surface area contributed by atoms with E-state index >= 15 is 0 Å². The van der Waals surface area contributed by atoms with Crippen molar-refractivity contribution >= 4 is 5.91 Å². The number of fused-ring (bicyclic) bond motifs is 1. The van der Waals surface area contributed by atoms with Gasteiger partial charge in [-0.1, -0.05) is 56.0 Å². The first-order valence-electron chi connectivity index (χ1n) is 15.0. The summed E-state index contributed by atoms with van der Waals surface area (Å²) in [5.74, 6) is 2.65. The lowest BCUT2D eigenvalue weighted by atomic mass is 9.73. The Morgan fingerprint density at radius 3 is 2.45 bits per heavy atom. The van der Waals surface area contributed by atoms with Gasteiger partial charge in [0.2, 0.25) is 5.91 Å². The van der Waals surface area contributed by atoms with E-state index in [9.17, 15) is 4.79 Å². The average molecular weight is 519 g/mol. The van der Waals surface area contributed by atoms with E-state index < -0.39 is 0 Å². The SMILES string of the molecule is COc1ccc(CN2CCOc3ccccc3CCCCC3(CCN(C(=O)C4CCCCC4)CC3)C2)cc1. The van der Waals surface area contributed by atoms with Gasteiger partial charge >= 0.3 is 0 Å². The first kappa shape index (κ1) is 27.1. The zero-order valence-electron chi connectivity index (χ0n) is 23.3. The molecule has 1 amide bonds. The fraction of sp³-hybridized carbons (Fsp3) is 0.606. The van der Waals surface area contributed by atoms with Gasteiger partial charge in [-0.2, -0.15) is 0 Å². The zero-order chi connectivity index (χ0) is 26.2. The van der Waals surface area contributed by atoms with E-state index in [4.69, 9.17) is 9.47 Å². The maximum atomic E-state index is 13.3. The van der Waals surface area contributed by atoms with E-state index in [2.05, 4.69) is 58.3 Å². The minimum Gasteiger partial charge on any atom is -0.497 e. The van der Waals surface area contributed by atoms with Crippen LogP contribution in [0, 0.1) is 11.3 Å². The van der Waals surface area contributed by atoms with Crippen LogP contribution < -0.4 is 9.47 Å². The summed E-state index contributed by atoms with van der Waals surface area (Å²) < 4.78 is 11.7. The summed E-state index contributed by atoms with van der Waals surface area (Å²) in [6.07, 6.45) is 12.9. The molecule has 0 unspecified atom stereocenters. The molecule has 2 fully saturated rings. The van der Waals surface area contributed by atoms with Crippen molar-refractivity contribution in [3.8, 4) is 11.5 Å². The molecule has 0 radical (unpaired) electrons. The van der Waals surface area contributed by atoms with Crippen LogP contribution in [0.25, 0.3) is 0 Å². The molecule has 0 aromatic heterocycles. The second-order valence-electron chi connectivity index (χ2n) is 11.9. The number of benzene rings is 2. The Hall–Kier alpha value is -2.53. The highest BCUT2D eigenvalue weighted by molar-refractivity contribution is 5.79. The van der Waals surface area contributed by atoms with Crippen LogP contribution in [0.15, 0.2) is 48.5 Å². The van der Waals surface area contributed by atoms with Gasteiger partial charge in [-0.15, -0.1) is 0 Å². The number of likely N-dealkylation sites (tertiary alicyclic amines) is 1. The van der Waals surface area contributed by atoms with Crippen LogP contribution in [0.3, 0.4) is 0 Å². The number of methoxy groups -OCH3 is 1. The lowest BCUT2D eigenvalue weighted by Crippen LogP contribution is -2.49. The molecular formula is C33H46N2O3. The molecule has 2 aromatic carbocycles. The number of piperidine rings is 1. The fourth-order valence-electron chi connectivity index (χ4n) is 6.93. The monoisotopic (exact) mass is 518 g/mol. The van der Waals surface area contributed by atoms with Crippen LogP contribution >= 0.6 is 0 Å². The van der Waals surface area contributed by atoms with Gasteiger partial charge in [0.1, 0.15) is 18.1 Å². The summed E-state index contributed by atoms with van der Waals surface area (Å²) in [5.41, 5.74) is 2.89. The molecule has 1 saturated carbocycles. The summed E-state index contributed by atoms with van der Waals surface area (Å²) in [7, 11) is 1.72. The van der Waals surface area contributed by atoms with Gasteiger partial charge < -0.3 is 14.4 Å². The molecule has 1 spiro atoms. The molecule has 2 aromatic rings. The van der Waals surface area contributed by atoms with Gasteiger partial charge in [-0.3, -0.25) is 9.69 Å². The summed E-state index contributed by atoms with van der Waals surface area (Å²) in [6.45, 7) is 5.40. The van der Waals surface area contributed by atoms with Crippen molar-refractivity contribution in [2.24, 2.45) is 11.3 Å². The highest BCUT2D eigenvalue weighted by atomic mass is 16.5. The number of nitrogens with zero attached hydrogens (tertiary/aromatic N) is 2. The number of carbonyl (C=O) groups is 1. The van der Waals surface area contributed by atoms with Crippen molar-refractivity contribution in [1.29, 1.82) is 0 Å². The maximum absolute atomic E-state index is 13.3. The number of hydrogen-bond acceptors (Lipinski definition) is 4. The number of amides is 1. The van der Waals surface area contributed by atoms with E-state index in [0.29, 0.717) is 12.5 Å². The molecule has 38 heavy (non-hydrogen) atoms. The normalized spacial score (nSPS) is 21.6. The molecule has 206 valence electrons. The lowest BCUT2D eigenvalue weighted by molar-refractivity contribution is -0.139. The topological polar surface area (TPSA) is 42.0 Å². The highest BCUT2D eigenvalue weighted by Crippen LogP contribution is 2.39. The summed E-state index contributed by atoms with van der Waals surface area (Å²) >= 11 is 0. The van der Waals surface area contributed by atoms with Crippen LogP contribution in [-0.2, 0) is 17.8 Å². The molecule has 2 heterocycles. The van der Waals surface area contributed by atoms with Gasteiger partial charge in [0.25, 0.3) is 0 Å². The van der Waals surface area contributed by atoms with Crippen molar-refractivity contribution in [1.82, 2.24) is 9.80 Å². The molecule has 2 aliphatic heterocycles. The predicted octanol–water partition coefficient (Wildman–Crippen LogP) is 6.49. The Labute approximate surface area is 229 Å². The molecular weight excluding hydrogens is 472 g/mol. The van der Waals surface area contributed by atoms with Crippen molar-refractivity contribution in [2.45, 2.75) is 77.2 Å². The van der Waals surface area contributed by atoms with Gasteiger partial charge in [-0.05, 0) is 79.7 Å². The summed E-state index contributed by atoms with van der Waals surface area (Å²) in [6, 6.07) is 17.0. The van der Waals surface area contributed by atoms with E-state index in [-0.39, 0.29) is 11.3 Å². The van der Waals surface area contributed by atoms with Gasteiger partial charge in [0.05, 0.1) is 7.11 Å². The summed E-state index contributed by atoms with van der Waals surface area (Å²) in [4.78, 5) is 18.1. The number of aryl methyl sites for hydroxylation is 1. The zero-order valence-corrected chi connectivity index (χ0v) is 23.3. The molecule has 0 N–H and O–H groups in total. The number of para-hydroxylation sites is 1. The Bertz CT molecular complexity index is 1020. The number of rotatable bonds is 4. The Balaban J connectivity index is 1.30. The van der Waals surface area contributed by atoms with Gasteiger partial charge in [0, 0.05) is 38.6 Å². The lowest BCUT2D eigenvalue weighted by Gasteiger charge is -2.45. The third-order valence-corrected chi connectivity index (χ3v) is 9.26. The number of carbonyl (C=O) groups excluding carboxylic acids is 1. The van der Waals surface area contributed by atoms with Crippen molar-refractivity contribution < 1.29 is 14.3 Å². The summed E-state index contributed by atoms with van der Waals surface area (Å²) in [5, 5.41) is 0. The molecule has 5 heteroatoms. The standard InChI is InChI=1S/C33H46N2O3/c1-37-30-16-14-27(15-17-30)25-34-23-24-38-31-13-6-5-9-28(31)10-7-8-18-33(26-34)19-21-35(22-20-33)32(36)29-11-3-2-4-12-29/h5-6,9,13-17,29H,2-4,7-8,10-12,18-26H2,1H3. The third kappa shape index (κ3) is 6.91.